The number of amides is 1. The molecular formula is C20H15F3N2O3. The first kappa shape index (κ1) is 19.2. The van der Waals surface area contributed by atoms with Gasteiger partial charge in [0.1, 0.15) is 11.5 Å². The van der Waals surface area contributed by atoms with Crippen molar-refractivity contribution >= 4 is 5.91 Å². The van der Waals surface area contributed by atoms with E-state index in [0.717, 1.165) is 12.1 Å². The number of alkyl halides is 3. The molecular weight excluding hydrogens is 373 g/mol. The summed E-state index contributed by atoms with van der Waals surface area (Å²) in [7, 11) is 0. The van der Waals surface area contributed by atoms with E-state index in [1.54, 1.807) is 18.2 Å². The van der Waals surface area contributed by atoms with E-state index in [4.69, 9.17) is 4.74 Å². The van der Waals surface area contributed by atoms with Crippen LogP contribution < -0.4 is 10.1 Å². The van der Waals surface area contributed by atoms with E-state index in [1.165, 1.54) is 36.5 Å². The zero-order valence-electron chi connectivity index (χ0n) is 14.4. The number of halogens is 3. The lowest BCUT2D eigenvalue weighted by Crippen LogP contribution is -2.23. The van der Waals surface area contributed by atoms with Crippen molar-refractivity contribution in [3.63, 3.8) is 0 Å². The lowest BCUT2D eigenvalue weighted by Gasteiger charge is -2.12. The number of phenolic OH excluding ortho intramolecular Hbond substituents is 1. The highest BCUT2D eigenvalue weighted by Crippen LogP contribution is 2.32. The Labute approximate surface area is 158 Å². The fraction of sp³-hybridized carbons (Fsp3) is 0.100. The van der Waals surface area contributed by atoms with E-state index < -0.39 is 17.6 Å². The van der Waals surface area contributed by atoms with E-state index in [9.17, 15) is 23.1 Å². The zero-order chi connectivity index (χ0) is 20.1. The molecule has 28 heavy (non-hydrogen) atoms. The first-order valence-corrected chi connectivity index (χ1v) is 8.19. The summed E-state index contributed by atoms with van der Waals surface area (Å²) in [6.07, 6.45) is -3.05. The van der Waals surface area contributed by atoms with Crippen LogP contribution in [0, 0.1) is 0 Å². The van der Waals surface area contributed by atoms with Crippen molar-refractivity contribution < 1.29 is 27.8 Å². The van der Waals surface area contributed by atoms with E-state index in [-0.39, 0.29) is 29.5 Å². The minimum absolute atomic E-state index is 0.0194. The van der Waals surface area contributed by atoms with Crippen molar-refractivity contribution in [2.75, 3.05) is 0 Å². The third kappa shape index (κ3) is 4.79. The van der Waals surface area contributed by atoms with E-state index in [0.29, 0.717) is 5.56 Å². The Morgan fingerprint density at radius 2 is 1.86 bits per heavy atom. The second-order valence-electron chi connectivity index (χ2n) is 5.83. The van der Waals surface area contributed by atoms with Crippen molar-refractivity contribution in [2.45, 2.75) is 12.7 Å². The summed E-state index contributed by atoms with van der Waals surface area (Å²) in [5.74, 6) is -0.403. The molecule has 5 nitrogen and oxygen atoms in total. The SMILES string of the molecule is O=C(NCc1cccnc1Oc1cccc(C(F)(F)F)c1)c1cccc(O)c1. The summed E-state index contributed by atoms with van der Waals surface area (Å²) < 4.78 is 44.0. The second kappa shape index (κ2) is 7.99. The molecule has 0 aliphatic carbocycles. The van der Waals surface area contributed by atoms with E-state index >= 15 is 0 Å². The van der Waals surface area contributed by atoms with Crippen LogP contribution in [0.25, 0.3) is 0 Å². The Kier molecular flexibility index (Phi) is 5.49. The van der Waals surface area contributed by atoms with Crippen molar-refractivity contribution in [3.05, 3.63) is 83.6 Å². The summed E-state index contributed by atoms with van der Waals surface area (Å²) >= 11 is 0. The quantitative estimate of drug-likeness (QED) is 0.674. The maximum atomic E-state index is 12.8. The van der Waals surface area contributed by atoms with Crippen molar-refractivity contribution in [3.8, 4) is 17.4 Å². The van der Waals surface area contributed by atoms with Gasteiger partial charge < -0.3 is 15.2 Å². The Morgan fingerprint density at radius 3 is 2.61 bits per heavy atom. The van der Waals surface area contributed by atoms with Gasteiger partial charge in [0.25, 0.3) is 5.91 Å². The minimum atomic E-state index is -4.48. The predicted octanol–water partition coefficient (Wildman–Crippen LogP) is 4.53. The zero-order valence-corrected chi connectivity index (χ0v) is 14.4. The molecule has 0 unspecified atom stereocenters. The van der Waals surface area contributed by atoms with Gasteiger partial charge in [-0.15, -0.1) is 0 Å². The number of benzene rings is 2. The number of aromatic hydroxyl groups is 1. The molecule has 1 aromatic heterocycles. The summed E-state index contributed by atoms with van der Waals surface area (Å²) in [4.78, 5) is 16.2. The third-order valence-corrected chi connectivity index (χ3v) is 3.77. The van der Waals surface area contributed by atoms with Crippen molar-refractivity contribution in [2.24, 2.45) is 0 Å². The molecule has 2 aromatic carbocycles. The molecule has 0 bridgehead atoms. The largest absolute Gasteiger partial charge is 0.508 e. The molecule has 0 aliphatic heterocycles. The topological polar surface area (TPSA) is 71.5 Å². The van der Waals surface area contributed by atoms with E-state index in [2.05, 4.69) is 10.3 Å². The number of ether oxygens (including phenoxy) is 1. The number of pyridine rings is 1. The average molecular weight is 388 g/mol. The molecule has 3 rings (SSSR count). The van der Waals surface area contributed by atoms with Crippen LogP contribution in [0.5, 0.6) is 17.4 Å². The van der Waals surface area contributed by atoms with Crippen LogP contribution >= 0.6 is 0 Å². The summed E-state index contributed by atoms with van der Waals surface area (Å²) in [6, 6.07) is 13.6. The summed E-state index contributed by atoms with van der Waals surface area (Å²) in [6.45, 7) is 0.0383. The number of nitrogens with zero attached hydrogens (tertiary/aromatic N) is 1. The number of hydrogen-bond donors (Lipinski definition) is 2. The van der Waals surface area contributed by atoms with Gasteiger partial charge in [-0.2, -0.15) is 13.2 Å². The highest BCUT2D eigenvalue weighted by molar-refractivity contribution is 5.94. The van der Waals surface area contributed by atoms with Crippen LogP contribution in [-0.4, -0.2) is 16.0 Å². The molecule has 0 atom stereocenters. The Morgan fingerprint density at radius 1 is 1.07 bits per heavy atom. The van der Waals surface area contributed by atoms with Gasteiger partial charge in [-0.05, 0) is 42.5 Å². The normalized spacial score (nSPS) is 11.1. The van der Waals surface area contributed by atoms with E-state index in [1.807, 2.05) is 0 Å². The molecule has 1 heterocycles. The second-order valence-corrected chi connectivity index (χ2v) is 5.83. The van der Waals surface area contributed by atoms with Gasteiger partial charge in [-0.25, -0.2) is 4.98 Å². The molecule has 1 amide bonds. The van der Waals surface area contributed by atoms with Gasteiger partial charge in [0.05, 0.1) is 5.56 Å². The average Bonchev–Trinajstić information content (AvgIpc) is 2.66. The number of nitrogens with one attached hydrogen (secondary N) is 1. The van der Waals surface area contributed by atoms with Gasteiger partial charge in [0.15, 0.2) is 0 Å². The molecule has 0 spiro atoms. The minimum Gasteiger partial charge on any atom is -0.508 e. The summed E-state index contributed by atoms with van der Waals surface area (Å²) in [5.41, 5.74) is -0.0858. The first-order chi connectivity index (χ1) is 13.3. The summed E-state index contributed by atoms with van der Waals surface area (Å²) in [5, 5.41) is 12.1. The van der Waals surface area contributed by atoms with Crippen molar-refractivity contribution in [1.82, 2.24) is 10.3 Å². The molecule has 0 radical (unpaired) electrons. The number of rotatable bonds is 5. The van der Waals surface area contributed by atoms with Crippen LogP contribution in [0.1, 0.15) is 21.5 Å². The predicted molar refractivity (Wildman–Crippen MR) is 95.0 cm³/mol. The highest BCUT2D eigenvalue weighted by Gasteiger charge is 2.30. The molecule has 2 N–H and O–H groups in total. The molecule has 8 heteroatoms. The van der Waals surface area contributed by atoms with Crippen LogP contribution in [0.3, 0.4) is 0 Å². The monoisotopic (exact) mass is 388 g/mol. The maximum Gasteiger partial charge on any atom is 0.416 e. The first-order valence-electron chi connectivity index (χ1n) is 8.19. The van der Waals surface area contributed by atoms with Gasteiger partial charge in [-0.1, -0.05) is 18.2 Å². The number of carbonyl (C=O) groups excluding carboxylic acids is 1. The van der Waals surface area contributed by atoms with Gasteiger partial charge in [0, 0.05) is 23.9 Å². The van der Waals surface area contributed by atoms with Gasteiger partial charge in [0.2, 0.25) is 5.88 Å². The third-order valence-electron chi connectivity index (χ3n) is 3.77. The smallest absolute Gasteiger partial charge is 0.416 e. The number of phenols is 1. The maximum absolute atomic E-state index is 12.8. The highest BCUT2D eigenvalue weighted by atomic mass is 19.4. The molecule has 0 saturated carbocycles. The van der Waals surface area contributed by atoms with Crippen LogP contribution in [0.4, 0.5) is 13.2 Å². The van der Waals surface area contributed by atoms with Crippen LogP contribution in [0.2, 0.25) is 0 Å². The standard InChI is InChI=1S/C20H15F3N2O3/c21-20(22,23)15-6-2-8-17(11-15)28-19-14(5-3-9-24-19)12-25-18(27)13-4-1-7-16(26)10-13/h1-11,26H,12H2,(H,25,27). The molecule has 0 fully saturated rings. The Bertz CT molecular complexity index is 990. The number of carbonyl (C=O) groups is 1. The van der Waals surface area contributed by atoms with Gasteiger partial charge >= 0.3 is 6.18 Å². The molecule has 3 aromatic rings. The lowest BCUT2D eigenvalue weighted by molar-refractivity contribution is -0.137. The fourth-order valence-corrected chi connectivity index (χ4v) is 2.42. The van der Waals surface area contributed by atoms with Crippen LogP contribution in [0.15, 0.2) is 66.9 Å². The van der Waals surface area contributed by atoms with Gasteiger partial charge in [-0.3, -0.25) is 4.79 Å². The molecule has 0 aliphatic rings. The molecule has 144 valence electrons. The Hall–Kier alpha value is -3.55. The fourth-order valence-electron chi connectivity index (χ4n) is 2.42. The lowest BCUT2D eigenvalue weighted by atomic mass is 10.2. The number of aromatic nitrogens is 1. The van der Waals surface area contributed by atoms with Crippen molar-refractivity contribution in [1.29, 1.82) is 0 Å². The Balaban J connectivity index is 1.74. The number of hydrogen-bond acceptors (Lipinski definition) is 4. The van der Waals surface area contributed by atoms with Crippen LogP contribution in [-0.2, 0) is 12.7 Å². The molecule has 0 saturated heterocycles.